The molecule has 2 amide bonds. The SMILES string of the molecule is COc1ccc(NC(=O)c2nnn(-c3ccc(F)cc3)c2C(F)(F)F)cc1NC(=O)OC(C)(C)C. The molecule has 1 heterocycles. The fourth-order valence-corrected chi connectivity index (χ4v) is 2.94. The Morgan fingerprint density at radius 3 is 2.23 bits per heavy atom. The molecular formula is C22H21F4N5O4. The number of nitrogens with one attached hydrogen (secondary N) is 2. The van der Waals surface area contributed by atoms with Crippen molar-refractivity contribution in [3.63, 3.8) is 0 Å². The first-order chi connectivity index (χ1) is 16.3. The lowest BCUT2D eigenvalue weighted by molar-refractivity contribution is -0.143. The molecule has 9 nitrogen and oxygen atoms in total. The highest BCUT2D eigenvalue weighted by molar-refractivity contribution is 6.04. The van der Waals surface area contributed by atoms with E-state index in [0.29, 0.717) is 4.68 Å². The van der Waals surface area contributed by atoms with Gasteiger partial charge in [-0.3, -0.25) is 10.1 Å². The lowest BCUT2D eigenvalue weighted by Crippen LogP contribution is -2.27. The number of rotatable bonds is 5. The topological polar surface area (TPSA) is 107 Å². The average Bonchev–Trinajstić information content (AvgIpc) is 3.19. The molecule has 13 heteroatoms. The quantitative estimate of drug-likeness (QED) is 0.481. The Morgan fingerprint density at radius 2 is 1.66 bits per heavy atom. The van der Waals surface area contributed by atoms with Gasteiger partial charge in [0.1, 0.15) is 17.2 Å². The Labute approximate surface area is 197 Å². The van der Waals surface area contributed by atoms with Crippen LogP contribution in [-0.4, -0.2) is 39.7 Å². The first-order valence-electron chi connectivity index (χ1n) is 10.1. The third-order valence-electron chi connectivity index (χ3n) is 4.32. The maximum atomic E-state index is 13.8. The van der Waals surface area contributed by atoms with Crippen LogP contribution in [0.3, 0.4) is 0 Å². The van der Waals surface area contributed by atoms with Crippen molar-refractivity contribution in [3.05, 3.63) is 59.7 Å². The Kier molecular flexibility index (Phi) is 6.99. The number of hydrogen-bond acceptors (Lipinski definition) is 6. The van der Waals surface area contributed by atoms with Gasteiger partial charge in [0.25, 0.3) is 5.91 Å². The van der Waals surface area contributed by atoms with E-state index >= 15 is 0 Å². The molecule has 186 valence electrons. The summed E-state index contributed by atoms with van der Waals surface area (Å²) in [5, 5.41) is 11.6. The van der Waals surface area contributed by atoms with Gasteiger partial charge in [0.2, 0.25) is 0 Å². The molecule has 1 aromatic heterocycles. The minimum Gasteiger partial charge on any atom is -0.495 e. The second kappa shape index (κ2) is 9.60. The van der Waals surface area contributed by atoms with Gasteiger partial charge in [0, 0.05) is 5.69 Å². The van der Waals surface area contributed by atoms with Crippen molar-refractivity contribution in [2.24, 2.45) is 0 Å². The summed E-state index contributed by atoms with van der Waals surface area (Å²) in [6.07, 6.45) is -5.81. The summed E-state index contributed by atoms with van der Waals surface area (Å²) in [6.45, 7) is 4.99. The number of methoxy groups -OCH3 is 1. The molecular weight excluding hydrogens is 474 g/mol. The third kappa shape index (κ3) is 6.25. The van der Waals surface area contributed by atoms with Crippen LogP contribution in [-0.2, 0) is 10.9 Å². The summed E-state index contributed by atoms with van der Waals surface area (Å²) in [5.74, 6) is -1.65. The predicted octanol–water partition coefficient (Wildman–Crippen LogP) is 5.03. The number of benzene rings is 2. The Balaban J connectivity index is 1.91. The van der Waals surface area contributed by atoms with E-state index in [0.717, 1.165) is 24.3 Å². The van der Waals surface area contributed by atoms with Gasteiger partial charge in [-0.15, -0.1) is 5.10 Å². The zero-order valence-electron chi connectivity index (χ0n) is 19.0. The van der Waals surface area contributed by atoms with E-state index in [1.807, 2.05) is 0 Å². The number of hydrogen-bond donors (Lipinski definition) is 2. The van der Waals surface area contributed by atoms with Crippen molar-refractivity contribution in [3.8, 4) is 11.4 Å². The van der Waals surface area contributed by atoms with Crippen molar-refractivity contribution < 1.29 is 36.6 Å². The lowest BCUT2D eigenvalue weighted by atomic mass is 10.2. The maximum Gasteiger partial charge on any atom is 0.435 e. The normalized spacial score (nSPS) is 11.7. The molecule has 0 radical (unpaired) electrons. The second-order valence-corrected chi connectivity index (χ2v) is 8.17. The third-order valence-corrected chi connectivity index (χ3v) is 4.32. The van der Waals surface area contributed by atoms with Gasteiger partial charge < -0.3 is 14.8 Å². The number of anilines is 2. The summed E-state index contributed by atoms with van der Waals surface area (Å²) in [7, 11) is 1.34. The molecule has 3 aromatic rings. The summed E-state index contributed by atoms with van der Waals surface area (Å²) < 4.78 is 65.4. The van der Waals surface area contributed by atoms with E-state index in [1.165, 1.54) is 25.3 Å². The Bertz CT molecular complexity index is 1230. The van der Waals surface area contributed by atoms with E-state index < -0.39 is 41.0 Å². The zero-order valence-corrected chi connectivity index (χ0v) is 19.0. The molecule has 0 bridgehead atoms. The van der Waals surface area contributed by atoms with Gasteiger partial charge in [-0.05, 0) is 63.2 Å². The van der Waals surface area contributed by atoms with Gasteiger partial charge in [-0.2, -0.15) is 13.2 Å². The van der Waals surface area contributed by atoms with Crippen LogP contribution < -0.4 is 15.4 Å². The van der Waals surface area contributed by atoms with Gasteiger partial charge >= 0.3 is 12.3 Å². The van der Waals surface area contributed by atoms with Crippen molar-refractivity contribution >= 4 is 23.4 Å². The monoisotopic (exact) mass is 495 g/mol. The molecule has 0 atom stereocenters. The molecule has 35 heavy (non-hydrogen) atoms. The van der Waals surface area contributed by atoms with Crippen LogP contribution in [0.15, 0.2) is 42.5 Å². The van der Waals surface area contributed by atoms with Crippen LogP contribution in [0.2, 0.25) is 0 Å². The number of alkyl halides is 3. The second-order valence-electron chi connectivity index (χ2n) is 8.17. The molecule has 0 aliphatic carbocycles. The summed E-state index contributed by atoms with van der Waals surface area (Å²) >= 11 is 0. The molecule has 2 aromatic carbocycles. The number of amides is 2. The number of carbonyl (C=O) groups excluding carboxylic acids is 2. The van der Waals surface area contributed by atoms with Gasteiger partial charge in [0.15, 0.2) is 11.4 Å². The number of halogens is 4. The van der Waals surface area contributed by atoms with Crippen molar-refractivity contribution in [1.82, 2.24) is 15.0 Å². The van der Waals surface area contributed by atoms with E-state index in [2.05, 4.69) is 20.9 Å². The summed E-state index contributed by atoms with van der Waals surface area (Å²) in [6, 6.07) is 8.06. The highest BCUT2D eigenvalue weighted by atomic mass is 19.4. The van der Waals surface area contributed by atoms with Crippen LogP contribution >= 0.6 is 0 Å². The van der Waals surface area contributed by atoms with Crippen molar-refractivity contribution in [2.45, 2.75) is 32.5 Å². The van der Waals surface area contributed by atoms with E-state index in [4.69, 9.17) is 9.47 Å². The van der Waals surface area contributed by atoms with Crippen molar-refractivity contribution in [1.29, 1.82) is 0 Å². The molecule has 2 N–H and O–H groups in total. The maximum absolute atomic E-state index is 13.8. The number of ether oxygens (including phenoxy) is 2. The molecule has 3 rings (SSSR count). The molecule has 0 saturated heterocycles. The Hall–Kier alpha value is -4.16. The molecule has 0 unspecified atom stereocenters. The van der Waals surface area contributed by atoms with Crippen LogP contribution in [0, 0.1) is 5.82 Å². The fourth-order valence-electron chi connectivity index (χ4n) is 2.94. The summed E-state index contributed by atoms with van der Waals surface area (Å²) in [4.78, 5) is 24.8. The van der Waals surface area contributed by atoms with Crippen LogP contribution in [0.25, 0.3) is 5.69 Å². The number of nitrogens with zero attached hydrogens (tertiary/aromatic N) is 3. The standard InChI is InChI=1S/C22H21F4N5O4/c1-21(2,3)35-20(33)28-15-11-13(7-10-16(15)34-4)27-19(32)17-18(22(24,25)26)31(30-29-17)14-8-5-12(23)6-9-14/h5-11H,1-4H3,(H,27,32)(H,28,33). The molecule has 0 fully saturated rings. The minimum absolute atomic E-state index is 0.0336. The highest BCUT2D eigenvalue weighted by Gasteiger charge is 2.42. The van der Waals surface area contributed by atoms with E-state index in [-0.39, 0.29) is 22.8 Å². The molecule has 0 aliphatic heterocycles. The lowest BCUT2D eigenvalue weighted by Gasteiger charge is -2.20. The molecule has 0 aliphatic rings. The molecule has 0 saturated carbocycles. The first-order valence-corrected chi connectivity index (χ1v) is 10.1. The highest BCUT2D eigenvalue weighted by Crippen LogP contribution is 2.34. The van der Waals surface area contributed by atoms with E-state index in [9.17, 15) is 27.2 Å². The van der Waals surface area contributed by atoms with Crippen LogP contribution in [0.1, 0.15) is 37.0 Å². The number of aromatic nitrogens is 3. The largest absolute Gasteiger partial charge is 0.495 e. The van der Waals surface area contributed by atoms with Gasteiger partial charge in [-0.25, -0.2) is 13.9 Å². The smallest absolute Gasteiger partial charge is 0.435 e. The Morgan fingerprint density at radius 1 is 1.00 bits per heavy atom. The van der Waals surface area contributed by atoms with Crippen molar-refractivity contribution in [2.75, 3.05) is 17.7 Å². The first kappa shape index (κ1) is 25.5. The predicted molar refractivity (Wildman–Crippen MR) is 117 cm³/mol. The van der Waals surface area contributed by atoms with Crippen LogP contribution in [0.4, 0.5) is 33.7 Å². The molecule has 0 spiro atoms. The zero-order chi connectivity index (χ0) is 26.0. The van der Waals surface area contributed by atoms with Gasteiger partial charge in [-0.1, -0.05) is 5.21 Å². The summed E-state index contributed by atoms with van der Waals surface area (Å²) in [5.41, 5.74) is -3.23. The fraction of sp³-hybridized carbons (Fsp3) is 0.273. The van der Waals surface area contributed by atoms with Crippen LogP contribution in [0.5, 0.6) is 5.75 Å². The number of carbonyl (C=O) groups is 2. The minimum atomic E-state index is -5.01. The average molecular weight is 495 g/mol. The van der Waals surface area contributed by atoms with E-state index in [1.54, 1.807) is 20.8 Å². The van der Waals surface area contributed by atoms with Gasteiger partial charge in [0.05, 0.1) is 18.5 Å².